The largest absolute Gasteiger partial charge is 0.346 e. The van der Waals surface area contributed by atoms with Gasteiger partial charge in [-0.3, -0.25) is 0 Å². The van der Waals surface area contributed by atoms with E-state index >= 15 is 0 Å². The Balaban J connectivity index is 1.67. The fourth-order valence-corrected chi connectivity index (χ4v) is 4.82. The quantitative estimate of drug-likeness (QED) is 0.798. The number of hydrogen-bond donors (Lipinski definition) is 1. The lowest BCUT2D eigenvalue weighted by Gasteiger charge is -2.35. The Kier molecular flexibility index (Phi) is 5.75. The Bertz CT molecular complexity index is 991. The van der Waals surface area contributed by atoms with Crippen molar-refractivity contribution in [2.45, 2.75) is 11.8 Å². The predicted octanol–water partition coefficient (Wildman–Crippen LogP) is 2.57. The second-order valence-electron chi connectivity index (χ2n) is 6.24. The van der Waals surface area contributed by atoms with Crippen LogP contribution in [0.4, 0.5) is 5.69 Å². The van der Waals surface area contributed by atoms with Crippen molar-refractivity contribution in [2.24, 2.45) is 0 Å². The van der Waals surface area contributed by atoms with Gasteiger partial charge in [-0.1, -0.05) is 30.3 Å². The summed E-state index contributed by atoms with van der Waals surface area (Å²) in [5, 5.41) is 13.0. The molecule has 1 aliphatic rings. The molecule has 8 heteroatoms. The van der Waals surface area contributed by atoms with Crippen molar-refractivity contribution in [3.05, 3.63) is 59.7 Å². The molecule has 0 unspecified atom stereocenters. The van der Waals surface area contributed by atoms with Crippen LogP contribution in [-0.4, -0.2) is 48.9 Å². The third kappa shape index (κ3) is 4.11. The number of piperazine rings is 1. The van der Waals surface area contributed by atoms with E-state index in [1.54, 1.807) is 12.1 Å². The molecule has 0 bridgehead atoms. The number of hydrogen-bond acceptors (Lipinski definition) is 4. The van der Waals surface area contributed by atoms with Crippen molar-refractivity contribution in [2.75, 3.05) is 31.5 Å². The van der Waals surface area contributed by atoms with Gasteiger partial charge in [0.05, 0.1) is 10.5 Å². The van der Waals surface area contributed by atoms with Crippen LogP contribution in [0.15, 0.2) is 53.4 Å². The average Bonchev–Trinajstić information content (AvgIpc) is 2.69. The Labute approximate surface area is 165 Å². The molecule has 6 nitrogen and oxygen atoms in total. The highest BCUT2D eigenvalue weighted by atomic mass is 32.2. The standard InChI is InChI=1S/C19H20N4O2S2/c1-15-6-2-4-8-17(15)21-19(26)22-10-12-23(13-11-22)27(24,25)18-9-5-3-7-16(18)14-20/h2-9H,10-13H2,1H3,(H,21,26). The number of nitrogens with one attached hydrogen (secondary N) is 1. The molecule has 1 saturated heterocycles. The Morgan fingerprint density at radius 3 is 2.37 bits per heavy atom. The maximum Gasteiger partial charge on any atom is 0.244 e. The van der Waals surface area contributed by atoms with Crippen LogP contribution in [0.3, 0.4) is 0 Å². The first-order valence-corrected chi connectivity index (χ1v) is 10.4. The number of aryl methyl sites for hydroxylation is 1. The summed E-state index contributed by atoms with van der Waals surface area (Å²) in [6, 6.07) is 16.1. The minimum absolute atomic E-state index is 0.0570. The molecule has 1 aliphatic heterocycles. The average molecular weight is 401 g/mol. The predicted molar refractivity (Wildman–Crippen MR) is 109 cm³/mol. The third-order valence-corrected chi connectivity index (χ3v) is 6.85. The molecule has 3 rings (SSSR count). The van der Waals surface area contributed by atoms with Gasteiger partial charge in [-0.2, -0.15) is 9.57 Å². The van der Waals surface area contributed by atoms with Gasteiger partial charge in [-0.15, -0.1) is 0 Å². The van der Waals surface area contributed by atoms with E-state index in [1.165, 1.54) is 16.4 Å². The van der Waals surface area contributed by atoms with Crippen molar-refractivity contribution < 1.29 is 8.42 Å². The highest BCUT2D eigenvalue weighted by Gasteiger charge is 2.30. The van der Waals surface area contributed by atoms with Gasteiger partial charge in [-0.25, -0.2) is 8.42 Å². The van der Waals surface area contributed by atoms with Gasteiger partial charge in [0.15, 0.2) is 5.11 Å². The summed E-state index contributed by atoms with van der Waals surface area (Å²) in [7, 11) is -3.70. The van der Waals surface area contributed by atoms with E-state index in [2.05, 4.69) is 5.32 Å². The van der Waals surface area contributed by atoms with Crippen LogP contribution >= 0.6 is 12.2 Å². The molecule has 2 aromatic rings. The van der Waals surface area contributed by atoms with Gasteiger partial charge in [0.25, 0.3) is 0 Å². The molecule has 0 spiro atoms. The maximum atomic E-state index is 12.9. The summed E-state index contributed by atoms with van der Waals surface area (Å²) in [4.78, 5) is 2.02. The molecule has 1 N–H and O–H groups in total. The third-order valence-electron chi connectivity index (χ3n) is 4.54. The van der Waals surface area contributed by atoms with Gasteiger partial charge in [0, 0.05) is 31.9 Å². The lowest BCUT2D eigenvalue weighted by Crippen LogP contribution is -2.51. The SMILES string of the molecule is Cc1ccccc1NC(=S)N1CCN(S(=O)(=O)c2ccccc2C#N)CC1. The minimum Gasteiger partial charge on any atom is -0.346 e. The molecular formula is C19H20N4O2S2. The Morgan fingerprint density at radius 2 is 1.70 bits per heavy atom. The number of para-hydroxylation sites is 1. The summed E-state index contributed by atoms with van der Waals surface area (Å²) >= 11 is 5.48. The molecule has 2 aromatic carbocycles. The van der Waals surface area contributed by atoms with Crippen LogP contribution < -0.4 is 5.32 Å². The van der Waals surface area contributed by atoms with E-state index in [-0.39, 0.29) is 10.5 Å². The van der Waals surface area contributed by atoms with E-state index in [4.69, 9.17) is 12.2 Å². The second kappa shape index (κ2) is 8.05. The first kappa shape index (κ1) is 19.3. The summed E-state index contributed by atoms with van der Waals surface area (Å²) in [5.74, 6) is 0. The molecule has 0 amide bonds. The van der Waals surface area contributed by atoms with Gasteiger partial charge in [0.1, 0.15) is 6.07 Å². The molecule has 0 aliphatic carbocycles. The molecule has 1 heterocycles. The van der Waals surface area contributed by atoms with Gasteiger partial charge < -0.3 is 10.2 Å². The molecule has 1 fully saturated rings. The van der Waals surface area contributed by atoms with Crippen molar-refractivity contribution in [3.8, 4) is 6.07 Å². The molecule has 140 valence electrons. The summed E-state index contributed by atoms with van der Waals surface area (Å²) in [5.41, 5.74) is 2.20. The van der Waals surface area contributed by atoms with Crippen LogP contribution in [-0.2, 0) is 10.0 Å². The number of sulfonamides is 1. The van der Waals surface area contributed by atoms with Crippen LogP contribution in [0.1, 0.15) is 11.1 Å². The summed E-state index contributed by atoms with van der Waals surface area (Å²) in [6.45, 7) is 3.62. The van der Waals surface area contributed by atoms with E-state index in [1.807, 2.05) is 42.2 Å². The topological polar surface area (TPSA) is 76.4 Å². The molecule has 0 radical (unpaired) electrons. The zero-order chi connectivity index (χ0) is 19.4. The first-order chi connectivity index (χ1) is 12.9. The Morgan fingerprint density at radius 1 is 1.07 bits per heavy atom. The number of benzene rings is 2. The zero-order valence-corrected chi connectivity index (χ0v) is 16.6. The van der Waals surface area contributed by atoms with Crippen LogP contribution in [0, 0.1) is 18.3 Å². The fourth-order valence-electron chi connectivity index (χ4n) is 2.96. The lowest BCUT2D eigenvalue weighted by molar-refractivity contribution is 0.268. The normalized spacial score (nSPS) is 15.2. The van der Waals surface area contributed by atoms with Crippen molar-refractivity contribution in [1.82, 2.24) is 9.21 Å². The van der Waals surface area contributed by atoms with Crippen LogP contribution in [0.2, 0.25) is 0 Å². The van der Waals surface area contributed by atoms with E-state index in [9.17, 15) is 13.7 Å². The number of anilines is 1. The smallest absolute Gasteiger partial charge is 0.244 e. The molecule has 0 atom stereocenters. The Hall–Kier alpha value is -2.47. The maximum absolute atomic E-state index is 12.9. The van der Waals surface area contributed by atoms with Gasteiger partial charge in [0.2, 0.25) is 10.0 Å². The lowest BCUT2D eigenvalue weighted by atomic mass is 10.2. The van der Waals surface area contributed by atoms with Crippen LogP contribution in [0.5, 0.6) is 0 Å². The monoisotopic (exact) mass is 400 g/mol. The highest BCUT2D eigenvalue weighted by Crippen LogP contribution is 2.21. The van der Waals surface area contributed by atoms with Gasteiger partial charge in [-0.05, 0) is 42.9 Å². The number of rotatable bonds is 3. The molecule has 0 saturated carbocycles. The van der Waals surface area contributed by atoms with Crippen molar-refractivity contribution in [1.29, 1.82) is 5.26 Å². The number of thiocarbonyl (C=S) groups is 1. The van der Waals surface area contributed by atoms with E-state index in [0.717, 1.165) is 11.3 Å². The van der Waals surface area contributed by atoms with Crippen LogP contribution in [0.25, 0.3) is 0 Å². The fraction of sp³-hybridized carbons (Fsp3) is 0.263. The first-order valence-electron chi connectivity index (χ1n) is 8.54. The molecular weight excluding hydrogens is 380 g/mol. The van der Waals surface area contributed by atoms with Gasteiger partial charge >= 0.3 is 0 Å². The van der Waals surface area contributed by atoms with Crippen molar-refractivity contribution >= 4 is 33.0 Å². The molecule has 0 aromatic heterocycles. The summed E-state index contributed by atoms with van der Waals surface area (Å²) in [6.07, 6.45) is 0. The minimum atomic E-state index is -3.70. The molecule has 27 heavy (non-hydrogen) atoms. The van der Waals surface area contributed by atoms with E-state index in [0.29, 0.717) is 31.3 Å². The number of nitriles is 1. The summed E-state index contributed by atoms with van der Waals surface area (Å²) < 4.78 is 27.2. The second-order valence-corrected chi connectivity index (χ2v) is 8.54. The zero-order valence-electron chi connectivity index (χ0n) is 14.9. The number of nitrogens with zero attached hydrogens (tertiary/aromatic N) is 3. The van der Waals surface area contributed by atoms with Crippen molar-refractivity contribution in [3.63, 3.8) is 0 Å². The highest BCUT2D eigenvalue weighted by molar-refractivity contribution is 7.89. The van der Waals surface area contributed by atoms with E-state index < -0.39 is 10.0 Å².